The molecule has 0 aromatic carbocycles. The molecule has 8 heteroatoms. The first-order chi connectivity index (χ1) is 11.6. The molecular weight excluding hydrogens is 340 g/mol. The molecule has 0 unspecified atom stereocenters. The van der Waals surface area contributed by atoms with Gasteiger partial charge < -0.3 is 0 Å². The number of hydrogen-bond acceptors (Lipinski definition) is 6. The molecule has 0 bridgehead atoms. The summed E-state index contributed by atoms with van der Waals surface area (Å²) in [4.78, 5) is 17.9. The number of rotatable bonds is 3. The van der Waals surface area contributed by atoms with Gasteiger partial charge in [0.25, 0.3) is 0 Å². The molecule has 1 aliphatic carbocycles. The second-order valence-electron chi connectivity index (χ2n) is 6.15. The first kappa shape index (κ1) is 15.6. The van der Waals surface area contributed by atoms with E-state index in [1.807, 2.05) is 6.26 Å². The smallest absolute Gasteiger partial charge is 0.188 e. The minimum Gasteiger partial charge on any atom is -0.241 e. The maximum Gasteiger partial charge on any atom is 0.188 e. The average molecular weight is 356 g/mol. The number of azide groups is 1. The molecular formula is C16H16N6S2. The van der Waals surface area contributed by atoms with Crippen LogP contribution in [-0.2, 0) is 12.8 Å². The van der Waals surface area contributed by atoms with Crippen molar-refractivity contribution in [3.8, 4) is 0 Å². The van der Waals surface area contributed by atoms with Crippen LogP contribution in [0.4, 0.5) is 5.82 Å². The third kappa shape index (κ3) is 2.25. The molecule has 0 amide bonds. The zero-order valence-corrected chi connectivity index (χ0v) is 15.3. The fraction of sp³-hybridized carbons (Fsp3) is 0.438. The second-order valence-corrected chi connectivity index (χ2v) is 7.92. The van der Waals surface area contributed by atoms with Gasteiger partial charge in [0.05, 0.1) is 10.2 Å². The van der Waals surface area contributed by atoms with Crippen molar-refractivity contribution < 1.29 is 0 Å². The normalized spacial score (nSPS) is 13.7. The van der Waals surface area contributed by atoms with Crippen LogP contribution in [0.2, 0.25) is 0 Å². The summed E-state index contributed by atoms with van der Waals surface area (Å²) in [6.07, 6.45) is 5.24. The van der Waals surface area contributed by atoms with E-state index in [4.69, 9.17) is 15.5 Å². The van der Waals surface area contributed by atoms with Crippen molar-refractivity contribution in [2.24, 2.45) is 5.11 Å². The number of pyridine rings is 1. The van der Waals surface area contributed by atoms with Crippen LogP contribution in [0.25, 0.3) is 30.9 Å². The van der Waals surface area contributed by atoms with Gasteiger partial charge in [0.1, 0.15) is 10.6 Å². The maximum atomic E-state index is 8.87. The minimum atomic E-state index is 0.399. The summed E-state index contributed by atoms with van der Waals surface area (Å²) in [6.45, 7) is 4.38. The Morgan fingerprint density at radius 3 is 2.71 bits per heavy atom. The molecule has 0 radical (unpaired) electrons. The highest BCUT2D eigenvalue weighted by atomic mass is 32.2. The van der Waals surface area contributed by atoms with Gasteiger partial charge in [0, 0.05) is 16.0 Å². The van der Waals surface area contributed by atoms with Gasteiger partial charge in [-0.3, -0.25) is 0 Å². The van der Waals surface area contributed by atoms with Gasteiger partial charge in [-0.15, -0.1) is 11.3 Å². The number of thioether (sulfide) groups is 1. The van der Waals surface area contributed by atoms with Crippen LogP contribution in [0, 0.1) is 0 Å². The molecule has 24 heavy (non-hydrogen) atoms. The van der Waals surface area contributed by atoms with E-state index in [0.29, 0.717) is 16.9 Å². The quantitative estimate of drug-likeness (QED) is 0.203. The average Bonchev–Trinajstić information content (AvgIpc) is 3.17. The predicted molar refractivity (Wildman–Crippen MR) is 99.4 cm³/mol. The third-order valence-electron chi connectivity index (χ3n) is 4.40. The summed E-state index contributed by atoms with van der Waals surface area (Å²) in [6, 6.07) is 0. The van der Waals surface area contributed by atoms with Crippen molar-refractivity contribution in [1.82, 2.24) is 15.0 Å². The van der Waals surface area contributed by atoms with Crippen molar-refractivity contribution in [3.63, 3.8) is 0 Å². The zero-order chi connectivity index (χ0) is 16.8. The van der Waals surface area contributed by atoms with Crippen LogP contribution in [0.5, 0.6) is 0 Å². The highest BCUT2D eigenvalue weighted by Gasteiger charge is 2.25. The summed E-state index contributed by atoms with van der Waals surface area (Å²) in [5.41, 5.74) is 13.7. The molecule has 4 rings (SSSR count). The molecule has 3 aromatic heterocycles. The maximum absolute atomic E-state index is 8.87. The highest BCUT2D eigenvalue weighted by Crippen LogP contribution is 2.43. The van der Waals surface area contributed by atoms with E-state index in [2.05, 4.69) is 28.9 Å². The number of aryl methyl sites for hydroxylation is 1. The van der Waals surface area contributed by atoms with E-state index in [0.717, 1.165) is 39.7 Å². The fourth-order valence-electron chi connectivity index (χ4n) is 3.44. The summed E-state index contributed by atoms with van der Waals surface area (Å²) < 4.78 is 0.836. The Hall–Kier alpha value is -1.89. The van der Waals surface area contributed by atoms with Gasteiger partial charge in [0.15, 0.2) is 5.16 Å². The van der Waals surface area contributed by atoms with Crippen LogP contribution < -0.4 is 0 Å². The molecule has 0 saturated carbocycles. The van der Waals surface area contributed by atoms with Crippen molar-refractivity contribution in [1.29, 1.82) is 0 Å². The number of hydrogen-bond donors (Lipinski definition) is 0. The van der Waals surface area contributed by atoms with Gasteiger partial charge in [0.2, 0.25) is 0 Å². The van der Waals surface area contributed by atoms with Gasteiger partial charge in [-0.25, -0.2) is 15.0 Å². The molecule has 122 valence electrons. The van der Waals surface area contributed by atoms with E-state index >= 15 is 0 Å². The Morgan fingerprint density at radius 2 is 2.00 bits per heavy atom. The Morgan fingerprint density at radius 1 is 1.21 bits per heavy atom. The summed E-state index contributed by atoms with van der Waals surface area (Å²) in [5.74, 6) is 0.809. The first-order valence-corrected chi connectivity index (χ1v) is 9.93. The summed E-state index contributed by atoms with van der Waals surface area (Å²) >= 11 is 2.99. The fourth-order valence-corrected chi connectivity index (χ4v) is 4.88. The second kappa shape index (κ2) is 5.88. The van der Waals surface area contributed by atoms with Gasteiger partial charge in [-0.2, -0.15) is 0 Å². The molecule has 0 saturated heterocycles. The molecule has 0 atom stereocenters. The van der Waals surface area contributed by atoms with Crippen molar-refractivity contribution >= 4 is 49.3 Å². The largest absolute Gasteiger partial charge is 0.241 e. The third-order valence-corrected chi connectivity index (χ3v) is 6.01. The minimum absolute atomic E-state index is 0.399. The van der Waals surface area contributed by atoms with Crippen LogP contribution in [-0.4, -0.2) is 21.2 Å². The Labute approximate surface area is 147 Å². The van der Waals surface area contributed by atoms with Gasteiger partial charge in [-0.1, -0.05) is 25.6 Å². The van der Waals surface area contributed by atoms with E-state index < -0.39 is 0 Å². The monoisotopic (exact) mass is 356 g/mol. The first-order valence-electron chi connectivity index (χ1n) is 7.89. The van der Waals surface area contributed by atoms with Crippen LogP contribution in [0.15, 0.2) is 10.3 Å². The lowest BCUT2D eigenvalue weighted by Crippen LogP contribution is -2.00. The number of nitrogens with zero attached hydrogens (tertiary/aromatic N) is 6. The van der Waals surface area contributed by atoms with E-state index in [9.17, 15) is 0 Å². The molecule has 0 N–H and O–H groups in total. The SMILES string of the molecule is CSc1nc(N=[N+]=[N-])c2sc3nc(C(C)C)c4c(c3c2n1)CCC4. The number of aromatic nitrogens is 3. The number of thiophene rings is 1. The van der Waals surface area contributed by atoms with E-state index in [-0.39, 0.29) is 0 Å². The molecule has 3 aromatic rings. The number of fused-ring (bicyclic) bond motifs is 5. The summed E-state index contributed by atoms with van der Waals surface area (Å²) in [7, 11) is 0. The van der Waals surface area contributed by atoms with E-state index in [1.165, 1.54) is 39.9 Å². The molecule has 3 heterocycles. The highest BCUT2D eigenvalue weighted by molar-refractivity contribution is 7.98. The van der Waals surface area contributed by atoms with E-state index in [1.54, 1.807) is 0 Å². The zero-order valence-electron chi connectivity index (χ0n) is 13.7. The van der Waals surface area contributed by atoms with Crippen molar-refractivity contribution in [2.75, 3.05) is 6.26 Å². The lowest BCUT2D eigenvalue weighted by molar-refractivity contribution is 0.805. The van der Waals surface area contributed by atoms with Crippen LogP contribution >= 0.6 is 23.1 Å². The Balaban J connectivity index is 2.17. The lowest BCUT2D eigenvalue weighted by atomic mass is 9.99. The standard InChI is InChI=1S/C16H16N6S2/c1-7(2)11-9-6-4-5-8(9)10-12-13(24-15(10)18-11)14(21-22-17)20-16(19-12)23-3/h7H,4-6H2,1-3H3. The molecule has 0 fully saturated rings. The molecule has 0 aliphatic heterocycles. The lowest BCUT2D eigenvalue weighted by Gasteiger charge is -2.11. The van der Waals surface area contributed by atoms with Crippen molar-refractivity contribution in [2.45, 2.75) is 44.2 Å². The van der Waals surface area contributed by atoms with Gasteiger partial charge >= 0.3 is 0 Å². The van der Waals surface area contributed by atoms with Gasteiger partial charge in [-0.05, 0) is 53.2 Å². The van der Waals surface area contributed by atoms with Crippen LogP contribution in [0.3, 0.4) is 0 Å². The molecule has 0 spiro atoms. The molecule has 6 nitrogen and oxygen atoms in total. The van der Waals surface area contributed by atoms with Crippen molar-refractivity contribution in [3.05, 3.63) is 27.3 Å². The Bertz CT molecular complexity index is 1020. The molecule has 1 aliphatic rings. The van der Waals surface area contributed by atoms with Crippen LogP contribution in [0.1, 0.15) is 43.0 Å². The topological polar surface area (TPSA) is 87.4 Å². The Kier molecular flexibility index (Phi) is 3.83. The summed E-state index contributed by atoms with van der Waals surface area (Å²) in [5, 5.41) is 5.56. The predicted octanol–water partition coefficient (Wildman–Crippen LogP) is 5.52.